The molecule has 2 heterocycles. The Morgan fingerprint density at radius 3 is 2.75 bits per heavy atom. The Bertz CT molecular complexity index is 652. The Morgan fingerprint density at radius 1 is 1.12 bits per heavy atom. The Morgan fingerprint density at radius 2 is 1.94 bits per heavy atom. The first kappa shape index (κ1) is 9.33. The minimum absolute atomic E-state index is 0.414. The molecule has 0 saturated carbocycles. The summed E-state index contributed by atoms with van der Waals surface area (Å²) in [5.74, 6) is 0.414. The van der Waals surface area contributed by atoms with Crippen molar-refractivity contribution in [3.63, 3.8) is 0 Å². The van der Waals surface area contributed by atoms with Gasteiger partial charge in [-0.1, -0.05) is 32.0 Å². The summed E-state index contributed by atoms with van der Waals surface area (Å²) < 4.78 is 0. The quantitative estimate of drug-likeness (QED) is 0.671. The zero-order chi connectivity index (χ0) is 11.1. The second kappa shape index (κ2) is 3.30. The highest BCUT2D eigenvalue weighted by atomic mass is 15.1. The highest BCUT2D eigenvalue weighted by Gasteiger charge is 2.11. The minimum atomic E-state index is 0.414. The van der Waals surface area contributed by atoms with E-state index in [4.69, 9.17) is 0 Å². The molecule has 0 saturated heterocycles. The zero-order valence-electron chi connectivity index (χ0n) is 9.36. The molecule has 1 aromatic carbocycles. The molecule has 0 atom stereocenters. The average Bonchev–Trinajstić information content (AvgIpc) is 2.73. The van der Waals surface area contributed by atoms with Gasteiger partial charge in [-0.15, -0.1) is 0 Å². The molecule has 1 N–H and O–H groups in total. The second-order valence-corrected chi connectivity index (χ2v) is 4.33. The van der Waals surface area contributed by atoms with Crippen molar-refractivity contribution in [3.05, 3.63) is 36.2 Å². The van der Waals surface area contributed by atoms with Crippen LogP contribution in [0.5, 0.6) is 0 Å². The van der Waals surface area contributed by atoms with E-state index in [-0.39, 0.29) is 0 Å². The summed E-state index contributed by atoms with van der Waals surface area (Å²) in [4.78, 5) is 4.46. The van der Waals surface area contributed by atoms with Crippen LogP contribution in [0.15, 0.2) is 30.5 Å². The SMILES string of the molecule is CC(C)c1n[nH]c2c1cnc1ccccc12. The molecule has 3 rings (SSSR count). The van der Waals surface area contributed by atoms with Gasteiger partial charge in [0.25, 0.3) is 0 Å². The van der Waals surface area contributed by atoms with Crippen LogP contribution in [-0.2, 0) is 0 Å². The Balaban J connectivity index is 2.45. The van der Waals surface area contributed by atoms with Gasteiger partial charge in [0.1, 0.15) is 0 Å². The van der Waals surface area contributed by atoms with Crippen molar-refractivity contribution in [3.8, 4) is 0 Å². The summed E-state index contributed by atoms with van der Waals surface area (Å²) in [6.07, 6.45) is 1.91. The van der Waals surface area contributed by atoms with Crippen LogP contribution in [0.1, 0.15) is 25.5 Å². The summed E-state index contributed by atoms with van der Waals surface area (Å²) in [5.41, 5.74) is 3.19. The van der Waals surface area contributed by atoms with Crippen LogP contribution in [0.2, 0.25) is 0 Å². The number of aromatic amines is 1. The third kappa shape index (κ3) is 1.21. The molecule has 16 heavy (non-hydrogen) atoms. The molecule has 0 unspecified atom stereocenters. The molecule has 3 heteroatoms. The number of nitrogens with one attached hydrogen (secondary N) is 1. The van der Waals surface area contributed by atoms with Gasteiger partial charge in [-0.3, -0.25) is 10.1 Å². The van der Waals surface area contributed by atoms with Crippen molar-refractivity contribution in [2.75, 3.05) is 0 Å². The molecule has 3 aromatic rings. The maximum absolute atomic E-state index is 4.46. The predicted molar refractivity (Wildman–Crippen MR) is 65.5 cm³/mol. The zero-order valence-corrected chi connectivity index (χ0v) is 9.36. The van der Waals surface area contributed by atoms with Gasteiger partial charge in [-0.2, -0.15) is 5.10 Å². The topological polar surface area (TPSA) is 41.6 Å². The van der Waals surface area contributed by atoms with Gasteiger partial charge in [0, 0.05) is 17.0 Å². The van der Waals surface area contributed by atoms with E-state index >= 15 is 0 Å². The fourth-order valence-corrected chi connectivity index (χ4v) is 2.07. The molecular formula is C13H13N3. The number of hydrogen-bond acceptors (Lipinski definition) is 2. The van der Waals surface area contributed by atoms with E-state index in [1.165, 1.54) is 0 Å². The molecule has 0 aliphatic rings. The van der Waals surface area contributed by atoms with Crippen molar-refractivity contribution in [2.24, 2.45) is 0 Å². The van der Waals surface area contributed by atoms with Crippen molar-refractivity contribution in [2.45, 2.75) is 19.8 Å². The molecule has 3 nitrogen and oxygen atoms in total. The van der Waals surface area contributed by atoms with Crippen molar-refractivity contribution < 1.29 is 0 Å². The first-order chi connectivity index (χ1) is 7.77. The predicted octanol–water partition coefficient (Wildman–Crippen LogP) is 3.23. The van der Waals surface area contributed by atoms with E-state index in [9.17, 15) is 0 Å². The molecule has 0 fully saturated rings. The van der Waals surface area contributed by atoms with Gasteiger partial charge in [-0.05, 0) is 12.0 Å². The summed E-state index contributed by atoms with van der Waals surface area (Å²) in [5, 5.41) is 9.77. The van der Waals surface area contributed by atoms with Crippen molar-refractivity contribution in [1.29, 1.82) is 0 Å². The van der Waals surface area contributed by atoms with Crippen molar-refractivity contribution in [1.82, 2.24) is 15.2 Å². The largest absolute Gasteiger partial charge is 0.277 e. The van der Waals surface area contributed by atoms with Gasteiger partial charge in [0.05, 0.1) is 16.7 Å². The summed E-state index contributed by atoms with van der Waals surface area (Å²) in [7, 11) is 0. The number of benzene rings is 1. The van der Waals surface area contributed by atoms with Crippen LogP contribution in [0.25, 0.3) is 21.8 Å². The number of fused-ring (bicyclic) bond motifs is 3. The van der Waals surface area contributed by atoms with Gasteiger partial charge in [0.15, 0.2) is 0 Å². The molecule has 0 spiro atoms. The van der Waals surface area contributed by atoms with E-state index < -0.39 is 0 Å². The lowest BCUT2D eigenvalue weighted by Gasteiger charge is -2.01. The monoisotopic (exact) mass is 211 g/mol. The lowest BCUT2D eigenvalue weighted by atomic mass is 10.1. The molecule has 2 aromatic heterocycles. The highest BCUT2D eigenvalue weighted by Crippen LogP contribution is 2.27. The maximum atomic E-state index is 4.46. The molecule has 80 valence electrons. The number of rotatable bonds is 1. The van der Waals surface area contributed by atoms with Crippen molar-refractivity contribution >= 4 is 21.8 Å². The number of pyridine rings is 1. The average molecular weight is 211 g/mol. The van der Waals surface area contributed by atoms with E-state index in [2.05, 4.69) is 35.1 Å². The molecule has 0 aliphatic carbocycles. The highest BCUT2D eigenvalue weighted by molar-refractivity contribution is 6.03. The minimum Gasteiger partial charge on any atom is -0.277 e. The first-order valence-corrected chi connectivity index (χ1v) is 5.49. The van der Waals surface area contributed by atoms with Crippen LogP contribution in [0.3, 0.4) is 0 Å². The lowest BCUT2D eigenvalue weighted by Crippen LogP contribution is -1.88. The van der Waals surface area contributed by atoms with E-state index in [1.807, 2.05) is 24.4 Å². The Labute approximate surface area is 93.5 Å². The van der Waals surface area contributed by atoms with Crippen LogP contribution in [0, 0.1) is 0 Å². The Kier molecular flexibility index (Phi) is 1.93. The number of nitrogens with zero attached hydrogens (tertiary/aromatic N) is 2. The lowest BCUT2D eigenvalue weighted by molar-refractivity contribution is 0.818. The molecular weight excluding hydrogens is 198 g/mol. The first-order valence-electron chi connectivity index (χ1n) is 5.49. The fourth-order valence-electron chi connectivity index (χ4n) is 2.07. The standard InChI is InChI=1S/C13H13N3/c1-8(2)12-10-7-14-11-6-4-3-5-9(11)13(10)16-15-12/h3-8H,1-2H3,(H,15,16). The summed E-state index contributed by atoms with van der Waals surface area (Å²) in [6, 6.07) is 8.12. The molecule has 0 amide bonds. The molecule has 0 radical (unpaired) electrons. The smallest absolute Gasteiger partial charge is 0.0762 e. The fraction of sp³-hybridized carbons (Fsp3) is 0.231. The van der Waals surface area contributed by atoms with Gasteiger partial charge < -0.3 is 0 Å². The number of hydrogen-bond donors (Lipinski definition) is 1. The second-order valence-electron chi connectivity index (χ2n) is 4.33. The van der Waals surface area contributed by atoms with Crippen LogP contribution < -0.4 is 0 Å². The van der Waals surface area contributed by atoms with Gasteiger partial charge >= 0.3 is 0 Å². The molecule has 0 bridgehead atoms. The van der Waals surface area contributed by atoms with Gasteiger partial charge in [0.2, 0.25) is 0 Å². The number of aromatic nitrogens is 3. The number of para-hydroxylation sites is 1. The van der Waals surface area contributed by atoms with Crippen LogP contribution in [0.4, 0.5) is 0 Å². The molecule has 0 aliphatic heterocycles. The van der Waals surface area contributed by atoms with Gasteiger partial charge in [-0.25, -0.2) is 0 Å². The summed E-state index contributed by atoms with van der Waals surface area (Å²) in [6.45, 7) is 4.29. The maximum Gasteiger partial charge on any atom is 0.0762 e. The summed E-state index contributed by atoms with van der Waals surface area (Å²) >= 11 is 0. The number of H-pyrrole nitrogens is 1. The van der Waals surface area contributed by atoms with E-state index in [0.717, 1.165) is 27.5 Å². The third-order valence-electron chi connectivity index (χ3n) is 2.89. The van der Waals surface area contributed by atoms with E-state index in [1.54, 1.807) is 0 Å². The Hall–Kier alpha value is -1.90. The van der Waals surface area contributed by atoms with Crippen LogP contribution >= 0.6 is 0 Å². The third-order valence-corrected chi connectivity index (χ3v) is 2.89. The van der Waals surface area contributed by atoms with E-state index in [0.29, 0.717) is 5.92 Å². The normalized spacial score (nSPS) is 11.7. The van der Waals surface area contributed by atoms with Crippen LogP contribution in [-0.4, -0.2) is 15.2 Å².